The third kappa shape index (κ3) is 6.77. The van der Waals surface area contributed by atoms with Crippen molar-refractivity contribution in [3.05, 3.63) is 24.8 Å². The summed E-state index contributed by atoms with van der Waals surface area (Å²) in [5, 5.41) is 2.20. The highest BCUT2D eigenvalue weighted by molar-refractivity contribution is 5.97. The van der Waals surface area contributed by atoms with Crippen LogP contribution in [-0.4, -0.2) is 36.5 Å². The normalized spacial score (nSPS) is 10.8. The third-order valence-corrected chi connectivity index (χ3v) is 1.76. The van der Waals surface area contributed by atoms with Gasteiger partial charge in [-0.05, 0) is 6.92 Å². The first-order valence-electron chi connectivity index (χ1n) is 5.25. The Bertz CT molecular complexity index is 426. The smallest absolute Gasteiger partial charge is 0.340 e. The molecule has 1 amide bonds. The molecule has 0 bridgehead atoms. The summed E-state index contributed by atoms with van der Waals surface area (Å²) in [5.41, 5.74) is 0.0259. The monoisotopic (exact) mass is 269 g/mol. The Morgan fingerprint density at radius 2 is 1.84 bits per heavy atom. The van der Waals surface area contributed by atoms with E-state index in [0.717, 1.165) is 13.0 Å². The Hall–Kier alpha value is -2.44. The molecule has 1 N–H and O–H groups in total. The van der Waals surface area contributed by atoms with Crippen molar-refractivity contribution in [1.29, 1.82) is 0 Å². The maximum absolute atomic E-state index is 11.6. The van der Waals surface area contributed by atoms with Gasteiger partial charge >= 0.3 is 17.9 Å². The average Bonchev–Trinajstić information content (AvgIpc) is 2.32. The van der Waals surface area contributed by atoms with Gasteiger partial charge in [-0.1, -0.05) is 13.2 Å². The fourth-order valence-electron chi connectivity index (χ4n) is 0.888. The molecular formula is C12H15NO6. The number of carbonyl (C=O) groups excluding carboxylic acids is 4. The molecule has 7 heteroatoms. The van der Waals surface area contributed by atoms with Gasteiger partial charge in [0.05, 0.1) is 0 Å². The summed E-state index contributed by atoms with van der Waals surface area (Å²) in [6.07, 6.45) is 0.898. The lowest BCUT2D eigenvalue weighted by Gasteiger charge is -2.15. The maximum atomic E-state index is 11.6. The molecular weight excluding hydrogens is 254 g/mol. The second-order valence-corrected chi connectivity index (χ2v) is 3.58. The zero-order valence-corrected chi connectivity index (χ0v) is 10.7. The summed E-state index contributed by atoms with van der Waals surface area (Å²) in [6.45, 7) is 8.53. The van der Waals surface area contributed by atoms with Crippen LogP contribution in [0.5, 0.6) is 0 Å². The summed E-state index contributed by atoms with van der Waals surface area (Å²) < 4.78 is 9.04. The molecule has 0 saturated heterocycles. The van der Waals surface area contributed by atoms with E-state index in [1.54, 1.807) is 0 Å². The van der Waals surface area contributed by atoms with Crippen LogP contribution in [0.25, 0.3) is 0 Å². The molecule has 7 nitrogen and oxygen atoms in total. The van der Waals surface area contributed by atoms with Crippen LogP contribution in [0, 0.1) is 0 Å². The molecule has 104 valence electrons. The molecule has 19 heavy (non-hydrogen) atoms. The van der Waals surface area contributed by atoms with Crippen LogP contribution >= 0.6 is 0 Å². The lowest BCUT2D eigenvalue weighted by atomic mass is 10.3. The fraction of sp³-hybridized carbons (Fsp3) is 0.333. The van der Waals surface area contributed by atoms with Crippen LogP contribution in [0.3, 0.4) is 0 Å². The highest BCUT2D eigenvalue weighted by atomic mass is 16.6. The zero-order chi connectivity index (χ0) is 15.0. The van der Waals surface area contributed by atoms with Gasteiger partial charge in [-0.15, -0.1) is 0 Å². The molecule has 0 saturated carbocycles. The van der Waals surface area contributed by atoms with Gasteiger partial charge < -0.3 is 14.8 Å². The van der Waals surface area contributed by atoms with Gasteiger partial charge in [-0.3, -0.25) is 4.79 Å². The van der Waals surface area contributed by atoms with Crippen LogP contribution in [-0.2, 0) is 28.7 Å². The van der Waals surface area contributed by atoms with Crippen LogP contribution in [0.1, 0.15) is 13.8 Å². The summed E-state index contributed by atoms with van der Waals surface area (Å²) in [6, 6.07) is -1.27. The Labute approximate surface area is 110 Å². The summed E-state index contributed by atoms with van der Waals surface area (Å²) in [7, 11) is 0. The van der Waals surface area contributed by atoms with Crippen molar-refractivity contribution in [1.82, 2.24) is 5.32 Å². The molecule has 0 aliphatic heterocycles. The minimum Gasteiger partial charge on any atom is -0.460 e. The highest BCUT2D eigenvalue weighted by Gasteiger charge is 2.25. The average molecular weight is 269 g/mol. The van der Waals surface area contributed by atoms with Gasteiger partial charge in [0.25, 0.3) is 0 Å². The Balaban J connectivity index is 4.64. The van der Waals surface area contributed by atoms with E-state index < -0.39 is 36.5 Å². The highest BCUT2D eigenvalue weighted by Crippen LogP contribution is 1.98. The van der Waals surface area contributed by atoms with Crippen molar-refractivity contribution in [3.8, 4) is 0 Å². The molecule has 0 aliphatic carbocycles. The molecule has 0 aromatic rings. The molecule has 0 heterocycles. The number of ether oxygens (including phenoxy) is 2. The molecule has 0 aliphatic rings. The van der Waals surface area contributed by atoms with E-state index in [1.807, 2.05) is 0 Å². The Kier molecular flexibility index (Phi) is 6.80. The maximum Gasteiger partial charge on any atom is 0.340 e. The standard InChI is InChI=1S/C12H15NO6/c1-5-10(15)18-6-9(13-8(4)14)12(17)19-11(16)7(2)3/h5,9H,1-2,6H2,3-4H3,(H,13,14). The van der Waals surface area contributed by atoms with Crippen molar-refractivity contribution in [3.63, 3.8) is 0 Å². The molecule has 0 fully saturated rings. The van der Waals surface area contributed by atoms with E-state index >= 15 is 0 Å². The summed E-state index contributed by atoms with van der Waals surface area (Å²) in [4.78, 5) is 44.5. The van der Waals surface area contributed by atoms with Crippen molar-refractivity contribution in [2.24, 2.45) is 0 Å². The summed E-state index contributed by atoms with van der Waals surface area (Å²) in [5.74, 6) is -3.27. The van der Waals surface area contributed by atoms with Crippen LogP contribution in [0.15, 0.2) is 24.8 Å². The van der Waals surface area contributed by atoms with E-state index in [9.17, 15) is 19.2 Å². The van der Waals surface area contributed by atoms with Crippen LogP contribution < -0.4 is 5.32 Å². The lowest BCUT2D eigenvalue weighted by Crippen LogP contribution is -2.45. The first kappa shape index (κ1) is 16.6. The molecule has 1 unspecified atom stereocenters. The predicted molar refractivity (Wildman–Crippen MR) is 64.7 cm³/mol. The molecule has 1 atom stereocenters. The number of carbonyl (C=O) groups is 4. The van der Waals surface area contributed by atoms with E-state index in [2.05, 4.69) is 27.9 Å². The number of amides is 1. The van der Waals surface area contributed by atoms with Gasteiger partial charge in [-0.25, -0.2) is 14.4 Å². The molecule has 0 aromatic heterocycles. The molecule has 0 aromatic carbocycles. The van der Waals surface area contributed by atoms with Crippen LogP contribution in [0.4, 0.5) is 0 Å². The van der Waals surface area contributed by atoms with Crippen molar-refractivity contribution >= 4 is 23.8 Å². The van der Waals surface area contributed by atoms with Gasteiger partial charge in [-0.2, -0.15) is 0 Å². The number of rotatable bonds is 6. The molecule has 0 rings (SSSR count). The predicted octanol–water partition coefficient (Wildman–Crippen LogP) is -0.134. The number of esters is 3. The van der Waals surface area contributed by atoms with E-state index in [1.165, 1.54) is 6.92 Å². The zero-order valence-electron chi connectivity index (χ0n) is 10.7. The fourth-order valence-corrected chi connectivity index (χ4v) is 0.888. The Morgan fingerprint density at radius 3 is 2.26 bits per heavy atom. The van der Waals surface area contributed by atoms with Crippen LogP contribution in [0.2, 0.25) is 0 Å². The quantitative estimate of drug-likeness (QED) is 0.409. The van der Waals surface area contributed by atoms with E-state index in [-0.39, 0.29) is 5.57 Å². The molecule has 0 radical (unpaired) electrons. The molecule has 0 spiro atoms. The minimum atomic E-state index is -1.27. The van der Waals surface area contributed by atoms with E-state index in [0.29, 0.717) is 0 Å². The van der Waals surface area contributed by atoms with Crippen molar-refractivity contribution in [2.45, 2.75) is 19.9 Å². The van der Waals surface area contributed by atoms with Gasteiger partial charge in [0.1, 0.15) is 6.61 Å². The van der Waals surface area contributed by atoms with E-state index in [4.69, 9.17) is 0 Å². The SMILES string of the molecule is C=CC(=O)OCC(NC(C)=O)C(=O)OC(=O)C(=C)C. The van der Waals surface area contributed by atoms with Crippen molar-refractivity contribution < 1.29 is 28.7 Å². The number of hydrogen-bond donors (Lipinski definition) is 1. The first-order chi connectivity index (χ1) is 8.77. The van der Waals surface area contributed by atoms with Gasteiger partial charge in [0.15, 0.2) is 6.04 Å². The van der Waals surface area contributed by atoms with Gasteiger partial charge in [0, 0.05) is 18.6 Å². The minimum absolute atomic E-state index is 0.0259. The van der Waals surface area contributed by atoms with Crippen molar-refractivity contribution in [2.75, 3.05) is 6.61 Å². The summed E-state index contributed by atoms with van der Waals surface area (Å²) >= 11 is 0. The number of hydrogen-bond acceptors (Lipinski definition) is 6. The lowest BCUT2D eigenvalue weighted by molar-refractivity contribution is -0.161. The Morgan fingerprint density at radius 1 is 1.26 bits per heavy atom. The number of nitrogens with one attached hydrogen (secondary N) is 1. The third-order valence-electron chi connectivity index (χ3n) is 1.76. The largest absolute Gasteiger partial charge is 0.460 e. The van der Waals surface area contributed by atoms with Gasteiger partial charge in [0.2, 0.25) is 5.91 Å². The second-order valence-electron chi connectivity index (χ2n) is 3.58. The second kappa shape index (κ2) is 7.80. The first-order valence-corrected chi connectivity index (χ1v) is 5.25. The topological polar surface area (TPSA) is 98.8 Å².